The number of rotatable bonds is 4. The summed E-state index contributed by atoms with van der Waals surface area (Å²) in [6, 6.07) is 14.2. The zero-order valence-electron chi connectivity index (χ0n) is 15.6. The highest BCUT2D eigenvalue weighted by molar-refractivity contribution is 8.00. The molecule has 7 heteroatoms. The Kier molecular flexibility index (Phi) is 5.64. The number of sulfone groups is 1. The number of thioether (sulfide) groups is 1. The molecule has 0 bridgehead atoms. The number of carbonyl (C=O) groups is 1. The standard InChI is InChI=1S/C21H24N2O3S2/c24-21(22-17-13-14-28(25,26)20-12-6-3-9-16(17)20)23-18-10-4-5-11-19(18)27-15-7-1-2-8-15/h3-6,9-12,15,17H,1-2,7-8,13-14H2,(H2,22,23,24). The number of amides is 2. The molecule has 1 atom stereocenters. The van der Waals surface area contributed by atoms with E-state index in [9.17, 15) is 13.2 Å². The number of para-hydroxylation sites is 1. The number of urea groups is 1. The molecule has 1 unspecified atom stereocenters. The third-order valence-electron chi connectivity index (χ3n) is 5.34. The summed E-state index contributed by atoms with van der Waals surface area (Å²) in [5.41, 5.74) is 1.46. The molecule has 0 spiro atoms. The molecule has 2 aromatic carbocycles. The highest BCUT2D eigenvalue weighted by Crippen LogP contribution is 2.38. The molecule has 2 N–H and O–H groups in total. The van der Waals surface area contributed by atoms with Crippen LogP contribution in [-0.2, 0) is 9.84 Å². The molecule has 148 valence electrons. The van der Waals surface area contributed by atoms with Gasteiger partial charge in [0.2, 0.25) is 0 Å². The van der Waals surface area contributed by atoms with Crippen LogP contribution >= 0.6 is 11.8 Å². The summed E-state index contributed by atoms with van der Waals surface area (Å²) in [7, 11) is -3.26. The fraction of sp³-hybridized carbons (Fsp3) is 0.381. The maximum atomic E-state index is 12.7. The maximum absolute atomic E-state index is 12.7. The quantitative estimate of drug-likeness (QED) is 0.753. The molecule has 2 aromatic rings. The van der Waals surface area contributed by atoms with Gasteiger partial charge in [-0.2, -0.15) is 0 Å². The third kappa shape index (κ3) is 4.20. The number of fused-ring (bicyclic) bond motifs is 1. The van der Waals surface area contributed by atoms with Crippen molar-refractivity contribution in [2.24, 2.45) is 0 Å². The van der Waals surface area contributed by atoms with Gasteiger partial charge in [0.05, 0.1) is 22.4 Å². The Hall–Kier alpha value is -1.99. The Morgan fingerprint density at radius 2 is 1.68 bits per heavy atom. The van der Waals surface area contributed by atoms with Crippen LogP contribution in [0.4, 0.5) is 10.5 Å². The minimum atomic E-state index is -3.26. The number of nitrogens with one attached hydrogen (secondary N) is 2. The van der Waals surface area contributed by atoms with E-state index in [2.05, 4.69) is 10.6 Å². The predicted molar refractivity (Wildman–Crippen MR) is 113 cm³/mol. The average Bonchev–Trinajstić information content (AvgIpc) is 3.19. The lowest BCUT2D eigenvalue weighted by molar-refractivity contribution is 0.248. The minimum absolute atomic E-state index is 0.0447. The van der Waals surface area contributed by atoms with Crippen molar-refractivity contribution < 1.29 is 13.2 Å². The Balaban J connectivity index is 1.47. The number of hydrogen-bond acceptors (Lipinski definition) is 4. The fourth-order valence-electron chi connectivity index (χ4n) is 3.92. The number of anilines is 1. The van der Waals surface area contributed by atoms with Gasteiger partial charge in [-0.15, -0.1) is 11.8 Å². The van der Waals surface area contributed by atoms with E-state index >= 15 is 0 Å². The van der Waals surface area contributed by atoms with Gasteiger partial charge in [0, 0.05) is 10.1 Å². The molecule has 4 rings (SSSR count). The lowest BCUT2D eigenvalue weighted by Gasteiger charge is -2.26. The molecule has 1 aliphatic carbocycles. The lowest BCUT2D eigenvalue weighted by Crippen LogP contribution is -2.36. The van der Waals surface area contributed by atoms with E-state index in [4.69, 9.17) is 0 Å². The third-order valence-corrected chi connectivity index (χ3v) is 8.57. The first-order valence-corrected chi connectivity index (χ1v) is 12.2. The zero-order valence-corrected chi connectivity index (χ0v) is 17.2. The van der Waals surface area contributed by atoms with E-state index in [0.717, 1.165) is 10.6 Å². The van der Waals surface area contributed by atoms with Crippen LogP contribution in [0.2, 0.25) is 0 Å². The second kappa shape index (κ2) is 8.17. The van der Waals surface area contributed by atoms with E-state index < -0.39 is 9.84 Å². The van der Waals surface area contributed by atoms with E-state index in [-0.39, 0.29) is 17.8 Å². The molecule has 2 aliphatic rings. The van der Waals surface area contributed by atoms with Crippen molar-refractivity contribution >= 4 is 33.3 Å². The Labute approximate surface area is 170 Å². The van der Waals surface area contributed by atoms with Crippen molar-refractivity contribution in [3.05, 3.63) is 54.1 Å². The van der Waals surface area contributed by atoms with Crippen LogP contribution in [0.5, 0.6) is 0 Å². The summed E-state index contributed by atoms with van der Waals surface area (Å²) >= 11 is 1.83. The Morgan fingerprint density at radius 3 is 2.50 bits per heavy atom. The number of benzene rings is 2. The molecule has 28 heavy (non-hydrogen) atoms. The normalized spacial score (nSPS) is 21.1. The minimum Gasteiger partial charge on any atom is -0.331 e. The molecule has 1 aliphatic heterocycles. The summed E-state index contributed by atoms with van der Waals surface area (Å²) in [5.74, 6) is 0.0447. The average molecular weight is 417 g/mol. The largest absolute Gasteiger partial charge is 0.331 e. The molecule has 0 aromatic heterocycles. The lowest BCUT2D eigenvalue weighted by atomic mass is 10.0. The van der Waals surface area contributed by atoms with E-state index in [1.165, 1.54) is 25.7 Å². The van der Waals surface area contributed by atoms with Crippen molar-refractivity contribution in [3.8, 4) is 0 Å². The molecule has 1 saturated carbocycles. The highest BCUT2D eigenvalue weighted by Gasteiger charge is 2.30. The first-order chi connectivity index (χ1) is 13.5. The van der Waals surface area contributed by atoms with Crippen molar-refractivity contribution in [1.82, 2.24) is 5.32 Å². The van der Waals surface area contributed by atoms with Crippen molar-refractivity contribution in [2.75, 3.05) is 11.1 Å². The highest BCUT2D eigenvalue weighted by atomic mass is 32.2. The molecule has 1 fully saturated rings. The predicted octanol–water partition coefficient (Wildman–Crippen LogP) is 4.76. The molecule has 1 heterocycles. The van der Waals surface area contributed by atoms with Crippen LogP contribution in [0.25, 0.3) is 0 Å². The second-order valence-corrected chi connectivity index (χ2v) is 10.7. The van der Waals surface area contributed by atoms with Crippen molar-refractivity contribution in [3.63, 3.8) is 0 Å². The van der Waals surface area contributed by atoms with Crippen LogP contribution in [0.1, 0.15) is 43.7 Å². The zero-order chi connectivity index (χ0) is 19.6. The Morgan fingerprint density at radius 1 is 0.964 bits per heavy atom. The van der Waals surface area contributed by atoms with E-state index in [0.29, 0.717) is 22.1 Å². The van der Waals surface area contributed by atoms with Gasteiger partial charge < -0.3 is 10.6 Å². The summed E-state index contributed by atoms with van der Waals surface area (Å²) in [4.78, 5) is 14.1. The van der Waals surface area contributed by atoms with Gasteiger partial charge in [-0.3, -0.25) is 0 Å². The van der Waals surface area contributed by atoms with Crippen LogP contribution in [-0.4, -0.2) is 25.5 Å². The maximum Gasteiger partial charge on any atom is 0.319 e. The second-order valence-electron chi connectivity index (χ2n) is 7.32. The first-order valence-electron chi connectivity index (χ1n) is 9.68. The SMILES string of the molecule is O=C(Nc1ccccc1SC1CCCC1)NC1CCS(=O)(=O)c2ccccc21. The summed E-state index contributed by atoms with van der Waals surface area (Å²) in [6.07, 6.45) is 5.37. The summed E-state index contributed by atoms with van der Waals surface area (Å²) in [5, 5.41) is 6.53. The summed E-state index contributed by atoms with van der Waals surface area (Å²) in [6.45, 7) is 0. The fourth-order valence-corrected chi connectivity index (χ4v) is 6.87. The summed E-state index contributed by atoms with van der Waals surface area (Å²) < 4.78 is 24.5. The number of hydrogen-bond donors (Lipinski definition) is 2. The molecule has 5 nitrogen and oxygen atoms in total. The smallest absolute Gasteiger partial charge is 0.319 e. The van der Waals surface area contributed by atoms with E-state index in [1.807, 2.05) is 36.0 Å². The van der Waals surface area contributed by atoms with Gasteiger partial charge >= 0.3 is 6.03 Å². The van der Waals surface area contributed by atoms with Gasteiger partial charge in [-0.25, -0.2) is 13.2 Å². The van der Waals surface area contributed by atoms with Crippen molar-refractivity contribution in [2.45, 2.75) is 53.2 Å². The Bertz CT molecular complexity index is 969. The molecule has 0 radical (unpaired) electrons. The monoisotopic (exact) mass is 416 g/mol. The van der Waals surface area contributed by atoms with Crippen LogP contribution in [0, 0.1) is 0 Å². The van der Waals surface area contributed by atoms with Gasteiger partial charge in [-0.1, -0.05) is 43.2 Å². The van der Waals surface area contributed by atoms with Crippen LogP contribution < -0.4 is 10.6 Å². The molecular formula is C21H24N2O3S2. The van der Waals surface area contributed by atoms with Gasteiger partial charge in [0.25, 0.3) is 0 Å². The topological polar surface area (TPSA) is 75.3 Å². The molecular weight excluding hydrogens is 392 g/mol. The first kappa shape index (κ1) is 19.3. The van der Waals surface area contributed by atoms with Gasteiger partial charge in [0.1, 0.15) is 0 Å². The van der Waals surface area contributed by atoms with Gasteiger partial charge in [-0.05, 0) is 43.0 Å². The molecule has 2 amide bonds. The van der Waals surface area contributed by atoms with Crippen LogP contribution in [0.3, 0.4) is 0 Å². The van der Waals surface area contributed by atoms with Crippen LogP contribution in [0.15, 0.2) is 58.3 Å². The number of carbonyl (C=O) groups excluding carboxylic acids is 1. The van der Waals surface area contributed by atoms with Crippen molar-refractivity contribution in [1.29, 1.82) is 0 Å². The molecule has 0 saturated heterocycles. The van der Waals surface area contributed by atoms with E-state index in [1.54, 1.807) is 24.3 Å². The van der Waals surface area contributed by atoms with Gasteiger partial charge in [0.15, 0.2) is 9.84 Å².